The first-order chi connectivity index (χ1) is 14.3. The van der Waals surface area contributed by atoms with Crippen molar-refractivity contribution in [3.8, 4) is 17.0 Å². The summed E-state index contributed by atoms with van der Waals surface area (Å²) in [5.41, 5.74) is 5.04. The molecule has 4 nitrogen and oxygen atoms in total. The Morgan fingerprint density at radius 3 is 2.14 bits per heavy atom. The normalized spacial score (nSPS) is 10.6. The predicted octanol–water partition coefficient (Wildman–Crippen LogP) is 5.70. The molecule has 0 saturated heterocycles. The van der Waals surface area contributed by atoms with E-state index >= 15 is 0 Å². The Balaban J connectivity index is 1.57. The second kappa shape index (κ2) is 9.26. The number of aromatic hydroxyl groups is 1. The van der Waals surface area contributed by atoms with Crippen LogP contribution in [0.25, 0.3) is 11.3 Å². The molecule has 0 aliphatic heterocycles. The van der Waals surface area contributed by atoms with E-state index in [1.165, 1.54) is 11.1 Å². The van der Waals surface area contributed by atoms with Crippen LogP contribution in [0.3, 0.4) is 0 Å². The molecule has 1 aromatic heterocycles. The number of hydrogen-bond acceptors (Lipinski definition) is 5. The third-order valence-corrected chi connectivity index (χ3v) is 5.29. The molecule has 0 saturated carbocycles. The van der Waals surface area contributed by atoms with Crippen molar-refractivity contribution in [2.75, 3.05) is 4.72 Å². The summed E-state index contributed by atoms with van der Waals surface area (Å²) < 4.78 is 3.37. The zero-order valence-electron chi connectivity index (χ0n) is 15.8. The topological polar surface area (TPSA) is 58.0 Å². The maximum Gasteiger partial charge on any atom is 0.158 e. The van der Waals surface area contributed by atoms with Crippen LogP contribution in [0.4, 0.5) is 5.82 Å². The Hall–Kier alpha value is -3.31. The van der Waals surface area contributed by atoms with Crippen molar-refractivity contribution in [3.63, 3.8) is 0 Å². The van der Waals surface area contributed by atoms with Crippen molar-refractivity contribution in [3.05, 3.63) is 108 Å². The van der Waals surface area contributed by atoms with Gasteiger partial charge in [-0.1, -0.05) is 60.7 Å². The summed E-state index contributed by atoms with van der Waals surface area (Å²) in [5, 5.41) is 9.54. The second-order valence-corrected chi connectivity index (χ2v) is 7.42. The van der Waals surface area contributed by atoms with Gasteiger partial charge in [-0.15, -0.1) is 0 Å². The van der Waals surface area contributed by atoms with Gasteiger partial charge in [-0.3, -0.25) is 0 Å². The van der Waals surface area contributed by atoms with Gasteiger partial charge in [-0.25, -0.2) is 9.97 Å². The summed E-state index contributed by atoms with van der Waals surface area (Å²) in [7, 11) is 0. The summed E-state index contributed by atoms with van der Waals surface area (Å²) in [6.07, 6.45) is 2.46. The summed E-state index contributed by atoms with van der Waals surface area (Å²) in [5.74, 6) is 1.85. The first kappa shape index (κ1) is 19.0. The van der Waals surface area contributed by atoms with Gasteiger partial charge in [0.15, 0.2) is 5.82 Å². The quantitative estimate of drug-likeness (QED) is 0.390. The number of phenols is 1. The number of nitrogens with one attached hydrogen (secondary N) is 1. The molecule has 0 amide bonds. The van der Waals surface area contributed by atoms with Crippen LogP contribution in [0.2, 0.25) is 0 Å². The predicted molar refractivity (Wildman–Crippen MR) is 120 cm³/mol. The van der Waals surface area contributed by atoms with Crippen molar-refractivity contribution in [2.45, 2.75) is 12.2 Å². The molecule has 0 aliphatic rings. The smallest absolute Gasteiger partial charge is 0.158 e. The number of rotatable bonds is 7. The monoisotopic (exact) mass is 399 g/mol. The van der Waals surface area contributed by atoms with E-state index in [9.17, 15) is 5.11 Å². The number of benzene rings is 3. The van der Waals surface area contributed by atoms with Gasteiger partial charge in [-0.2, -0.15) is 0 Å². The third-order valence-electron chi connectivity index (χ3n) is 4.47. The Labute approximate surface area is 174 Å². The number of aromatic nitrogens is 2. The first-order valence-corrected chi connectivity index (χ1v) is 10.4. The van der Waals surface area contributed by atoms with Gasteiger partial charge in [0.2, 0.25) is 0 Å². The van der Waals surface area contributed by atoms with E-state index < -0.39 is 0 Å². The van der Waals surface area contributed by atoms with Crippen LogP contribution in [0.5, 0.6) is 5.75 Å². The lowest BCUT2D eigenvalue weighted by molar-refractivity contribution is 0.475. The van der Waals surface area contributed by atoms with Crippen LogP contribution in [-0.4, -0.2) is 15.1 Å². The van der Waals surface area contributed by atoms with E-state index in [2.05, 4.69) is 34.0 Å². The molecule has 0 aliphatic carbocycles. The molecule has 0 fully saturated rings. The zero-order chi connectivity index (χ0) is 19.9. The van der Waals surface area contributed by atoms with Gasteiger partial charge in [0.1, 0.15) is 5.75 Å². The van der Waals surface area contributed by atoms with Gasteiger partial charge < -0.3 is 9.83 Å². The maximum absolute atomic E-state index is 9.54. The molecule has 1 heterocycles. The summed E-state index contributed by atoms with van der Waals surface area (Å²) in [6.45, 7) is 0. The van der Waals surface area contributed by atoms with Crippen LogP contribution in [0, 0.1) is 0 Å². The van der Waals surface area contributed by atoms with Crippen molar-refractivity contribution < 1.29 is 5.11 Å². The Morgan fingerprint density at radius 2 is 1.45 bits per heavy atom. The number of hydrogen-bond donors (Lipinski definition) is 2. The molecule has 0 unspecified atom stereocenters. The van der Waals surface area contributed by atoms with Gasteiger partial charge in [0.05, 0.1) is 17.6 Å². The molecule has 3 aromatic carbocycles. The lowest BCUT2D eigenvalue weighted by Gasteiger charge is -2.12. The van der Waals surface area contributed by atoms with E-state index in [1.807, 2.05) is 48.5 Å². The van der Waals surface area contributed by atoms with Crippen LogP contribution < -0.4 is 4.72 Å². The van der Waals surface area contributed by atoms with Gasteiger partial charge in [0.25, 0.3) is 0 Å². The first-order valence-electron chi connectivity index (χ1n) is 9.39. The zero-order valence-corrected chi connectivity index (χ0v) is 16.6. The molecular formula is C24H21N3OS. The highest BCUT2D eigenvalue weighted by Crippen LogP contribution is 2.25. The minimum absolute atomic E-state index is 0.238. The molecule has 0 atom stereocenters. The molecule has 4 aromatic rings. The summed E-state index contributed by atoms with van der Waals surface area (Å²) >= 11 is 1.60. The fourth-order valence-electron chi connectivity index (χ4n) is 2.96. The van der Waals surface area contributed by atoms with Gasteiger partial charge >= 0.3 is 0 Å². The van der Waals surface area contributed by atoms with Crippen molar-refractivity contribution in [2.24, 2.45) is 0 Å². The van der Waals surface area contributed by atoms with Crippen LogP contribution in [-0.2, 0) is 12.2 Å². The molecule has 5 heteroatoms. The molecule has 0 bridgehead atoms. The van der Waals surface area contributed by atoms with E-state index in [1.54, 1.807) is 30.3 Å². The highest BCUT2D eigenvalue weighted by Gasteiger charge is 2.11. The third kappa shape index (κ3) is 5.15. The van der Waals surface area contributed by atoms with Crippen molar-refractivity contribution in [1.82, 2.24) is 9.97 Å². The van der Waals surface area contributed by atoms with Crippen LogP contribution in [0.15, 0.2) is 91.1 Å². The minimum atomic E-state index is 0.238. The Kier molecular flexibility index (Phi) is 6.07. The van der Waals surface area contributed by atoms with Gasteiger partial charge in [-0.05, 0) is 47.3 Å². The average Bonchev–Trinajstić information content (AvgIpc) is 2.77. The molecule has 0 spiro atoms. The lowest BCUT2D eigenvalue weighted by Crippen LogP contribution is -2.03. The van der Waals surface area contributed by atoms with E-state index in [4.69, 9.17) is 4.98 Å². The number of phenolic OH excluding ortho intramolecular Hbond substituents is 1. The van der Waals surface area contributed by atoms with E-state index in [-0.39, 0.29) is 5.75 Å². The van der Waals surface area contributed by atoms with Crippen LogP contribution in [0.1, 0.15) is 16.8 Å². The molecule has 29 heavy (non-hydrogen) atoms. The Bertz CT molecular complexity index is 1050. The summed E-state index contributed by atoms with van der Waals surface area (Å²) in [4.78, 5) is 9.52. The molecular weight excluding hydrogens is 378 g/mol. The summed E-state index contributed by atoms with van der Waals surface area (Å²) in [6, 6.07) is 27.6. The van der Waals surface area contributed by atoms with Crippen LogP contribution >= 0.6 is 11.9 Å². The number of anilines is 1. The highest BCUT2D eigenvalue weighted by molar-refractivity contribution is 7.99. The fourth-order valence-corrected chi connectivity index (χ4v) is 3.70. The highest BCUT2D eigenvalue weighted by atomic mass is 32.2. The number of nitrogens with zero attached hydrogens (tertiary/aromatic N) is 2. The van der Waals surface area contributed by atoms with Crippen molar-refractivity contribution in [1.29, 1.82) is 0 Å². The largest absolute Gasteiger partial charge is 0.508 e. The molecule has 144 valence electrons. The van der Waals surface area contributed by atoms with E-state index in [0.29, 0.717) is 6.42 Å². The fraction of sp³-hybridized carbons (Fsp3) is 0.0833. The molecule has 0 radical (unpaired) electrons. The van der Waals surface area contributed by atoms with E-state index in [0.717, 1.165) is 28.5 Å². The molecule has 2 N–H and O–H groups in total. The second-order valence-electron chi connectivity index (χ2n) is 6.64. The van der Waals surface area contributed by atoms with Crippen molar-refractivity contribution >= 4 is 17.8 Å². The Morgan fingerprint density at radius 1 is 0.793 bits per heavy atom. The standard InChI is InChI=1S/C24H21N3OS/c28-21-13-11-20(12-14-21)23-16-25-24(27-29-17-19-9-5-2-6-10-19)22(26-23)15-18-7-3-1-4-8-18/h1-14,16,28H,15,17H2,(H,25,27). The SMILES string of the molecule is Oc1ccc(-c2cnc(NSCc3ccccc3)c(Cc3ccccc3)n2)cc1. The minimum Gasteiger partial charge on any atom is -0.508 e. The average molecular weight is 400 g/mol. The molecule has 4 rings (SSSR count). The maximum atomic E-state index is 9.54. The lowest BCUT2D eigenvalue weighted by atomic mass is 10.1. The van der Waals surface area contributed by atoms with Gasteiger partial charge in [0, 0.05) is 17.7 Å².